The van der Waals surface area contributed by atoms with E-state index in [4.69, 9.17) is 9.57 Å². The van der Waals surface area contributed by atoms with Crippen molar-refractivity contribution in [2.24, 2.45) is 0 Å². The largest absolute Gasteiger partial charge is 0.444 e. The molecule has 12 heteroatoms. The summed E-state index contributed by atoms with van der Waals surface area (Å²) in [5.74, 6) is -0.189. The van der Waals surface area contributed by atoms with Crippen LogP contribution < -0.4 is 16.7 Å². The molecule has 0 radical (unpaired) electrons. The minimum Gasteiger partial charge on any atom is -0.444 e. The molecule has 0 spiro atoms. The summed E-state index contributed by atoms with van der Waals surface area (Å²) in [6.07, 6.45) is -0.0746. The molecule has 4 rings (SSSR count). The third-order valence-corrected chi connectivity index (χ3v) is 6.57. The summed E-state index contributed by atoms with van der Waals surface area (Å²) in [5, 5.41) is 0. The second-order valence-electron chi connectivity index (χ2n) is 11.1. The van der Waals surface area contributed by atoms with E-state index in [2.05, 4.69) is 20.4 Å². The van der Waals surface area contributed by atoms with Crippen molar-refractivity contribution in [3.05, 3.63) is 80.0 Å². The number of rotatable bonds is 10. The van der Waals surface area contributed by atoms with Gasteiger partial charge in [0, 0.05) is 26.1 Å². The summed E-state index contributed by atoms with van der Waals surface area (Å²) < 4.78 is 7.35. The number of nitrogens with zero attached hydrogens (tertiary/aromatic N) is 4. The van der Waals surface area contributed by atoms with Gasteiger partial charge in [-0.1, -0.05) is 30.3 Å². The second-order valence-corrected chi connectivity index (χ2v) is 11.1. The lowest BCUT2D eigenvalue weighted by atomic mass is 10.1. The zero-order chi connectivity index (χ0) is 30.4. The summed E-state index contributed by atoms with van der Waals surface area (Å²) in [7, 11) is 0. The van der Waals surface area contributed by atoms with Crippen molar-refractivity contribution in [1.29, 1.82) is 0 Å². The van der Waals surface area contributed by atoms with Gasteiger partial charge < -0.3 is 14.2 Å². The van der Waals surface area contributed by atoms with Crippen LogP contribution in [0.25, 0.3) is 22.6 Å². The quantitative estimate of drug-likeness (QED) is 0.215. The molecule has 42 heavy (non-hydrogen) atoms. The van der Waals surface area contributed by atoms with Gasteiger partial charge in [0.25, 0.3) is 5.56 Å². The van der Waals surface area contributed by atoms with Gasteiger partial charge in [-0.3, -0.25) is 19.4 Å². The highest BCUT2D eigenvalue weighted by Gasteiger charge is 2.24. The van der Waals surface area contributed by atoms with Crippen molar-refractivity contribution in [1.82, 2.24) is 29.9 Å². The van der Waals surface area contributed by atoms with Gasteiger partial charge in [0.2, 0.25) is 5.91 Å². The number of amides is 2. The fourth-order valence-electron chi connectivity index (χ4n) is 4.37. The number of hydroxylamine groups is 1. The van der Waals surface area contributed by atoms with Gasteiger partial charge in [0.15, 0.2) is 11.5 Å². The van der Waals surface area contributed by atoms with Crippen LogP contribution in [0.4, 0.5) is 4.79 Å². The Labute approximate surface area is 243 Å². The van der Waals surface area contributed by atoms with E-state index in [0.717, 1.165) is 16.7 Å². The van der Waals surface area contributed by atoms with E-state index in [1.807, 2.05) is 56.3 Å². The van der Waals surface area contributed by atoms with Crippen molar-refractivity contribution in [3.8, 4) is 11.5 Å². The number of hydrogen-bond donors (Lipinski definition) is 2. The predicted molar refractivity (Wildman–Crippen MR) is 157 cm³/mol. The number of hydrogen-bond acceptors (Lipinski definition) is 8. The average Bonchev–Trinajstić information content (AvgIpc) is 2.91. The van der Waals surface area contributed by atoms with Gasteiger partial charge in [-0.15, -0.1) is 0 Å². The summed E-state index contributed by atoms with van der Waals surface area (Å²) in [4.78, 5) is 67.8. The molecule has 2 N–H and O–H groups in total. The zero-order valence-corrected chi connectivity index (χ0v) is 24.5. The number of carbonyl (C=O) groups excluding carboxylic acids is 2. The molecule has 2 aromatic carbocycles. The number of benzene rings is 2. The van der Waals surface area contributed by atoms with Gasteiger partial charge in [-0.25, -0.2) is 20.1 Å². The van der Waals surface area contributed by atoms with Crippen molar-refractivity contribution in [2.75, 3.05) is 13.1 Å². The average molecular weight is 577 g/mol. The summed E-state index contributed by atoms with van der Waals surface area (Å²) >= 11 is 0. The van der Waals surface area contributed by atoms with Crippen molar-refractivity contribution in [2.45, 2.75) is 66.2 Å². The minimum atomic E-state index is -0.782. The monoisotopic (exact) mass is 576 g/mol. The first-order valence-corrected chi connectivity index (χ1v) is 13.8. The molecule has 0 bridgehead atoms. The van der Waals surface area contributed by atoms with Crippen LogP contribution in [0, 0.1) is 13.8 Å². The molecule has 2 aliphatic rings. The zero-order valence-electron chi connectivity index (χ0n) is 24.5. The van der Waals surface area contributed by atoms with Crippen LogP contribution in [0.2, 0.25) is 0 Å². The SMILES string of the molecule is Cc1cc2nc3c(=O)[nH]c(=O)nc-3n(CCN(CCCC(=O)NOCc3ccccc3)C(=O)OC(C)(C)C)c2cc1C. The number of carbonyl (C=O) groups is 2. The molecule has 12 nitrogen and oxygen atoms in total. The first-order chi connectivity index (χ1) is 19.9. The van der Waals surface area contributed by atoms with Crippen molar-refractivity contribution in [3.63, 3.8) is 0 Å². The first-order valence-electron chi connectivity index (χ1n) is 13.8. The molecule has 0 aromatic heterocycles. The standard InChI is InChI=1S/C30H36N6O6/c1-19-16-22-23(17-20(19)2)36(26-25(31-22)27(38)33-28(39)32-26)15-14-35(29(40)42-30(3,4)5)13-9-12-24(37)34-41-18-21-10-7-6-8-11-21/h6-8,10-11,16-17H,9,12-15,18H2,1-5H3,(H,34,37)(H,33,38,39). The van der Waals surface area contributed by atoms with Crippen LogP contribution >= 0.6 is 0 Å². The topological polar surface area (TPSA) is 149 Å². The number of fused-ring (bicyclic) bond motifs is 2. The van der Waals surface area contributed by atoms with Crippen LogP contribution in [0.5, 0.6) is 0 Å². The molecule has 222 valence electrons. The maximum atomic E-state index is 13.2. The summed E-state index contributed by atoms with van der Waals surface area (Å²) in [5.41, 5.74) is 4.46. The minimum absolute atomic E-state index is 0.0290. The van der Waals surface area contributed by atoms with E-state index in [1.54, 1.807) is 25.3 Å². The summed E-state index contributed by atoms with van der Waals surface area (Å²) in [6, 6.07) is 13.2. The number of aromatic amines is 1. The molecular weight excluding hydrogens is 540 g/mol. The predicted octanol–water partition coefficient (Wildman–Crippen LogP) is 3.47. The second kappa shape index (κ2) is 12.9. The highest BCUT2D eigenvalue weighted by Crippen LogP contribution is 2.24. The van der Waals surface area contributed by atoms with Crippen molar-refractivity contribution >= 4 is 23.0 Å². The highest BCUT2D eigenvalue weighted by molar-refractivity contribution is 5.81. The van der Waals surface area contributed by atoms with Gasteiger partial charge >= 0.3 is 11.8 Å². The Hall–Kier alpha value is -4.58. The molecule has 0 saturated heterocycles. The van der Waals surface area contributed by atoms with E-state index in [9.17, 15) is 19.2 Å². The Morgan fingerprint density at radius 2 is 1.74 bits per heavy atom. The lowest BCUT2D eigenvalue weighted by Crippen LogP contribution is -2.40. The van der Waals surface area contributed by atoms with E-state index < -0.39 is 22.9 Å². The third-order valence-electron chi connectivity index (χ3n) is 6.57. The van der Waals surface area contributed by atoms with Crippen molar-refractivity contribution < 1.29 is 19.2 Å². The number of ether oxygens (including phenoxy) is 1. The molecule has 2 heterocycles. The van der Waals surface area contributed by atoms with Gasteiger partial charge in [0.05, 0.1) is 17.6 Å². The summed E-state index contributed by atoms with van der Waals surface area (Å²) in [6.45, 7) is 10.0. The fourth-order valence-corrected chi connectivity index (χ4v) is 4.37. The third kappa shape index (κ3) is 7.78. The van der Waals surface area contributed by atoms with E-state index in [1.165, 1.54) is 4.90 Å². The maximum Gasteiger partial charge on any atom is 0.410 e. The smallest absolute Gasteiger partial charge is 0.410 e. The Morgan fingerprint density at radius 3 is 2.45 bits per heavy atom. The lowest BCUT2D eigenvalue weighted by Gasteiger charge is -2.28. The highest BCUT2D eigenvalue weighted by atomic mass is 16.6. The van der Waals surface area contributed by atoms with Crippen LogP contribution in [0.3, 0.4) is 0 Å². The molecule has 0 aliphatic carbocycles. The fraction of sp³-hybridized carbons (Fsp3) is 0.400. The molecule has 2 aliphatic heterocycles. The first kappa shape index (κ1) is 30.4. The van der Waals surface area contributed by atoms with Crippen LogP contribution in [-0.4, -0.2) is 55.1 Å². The molecule has 2 amide bonds. The Kier molecular flexibility index (Phi) is 9.36. The Bertz CT molecular complexity index is 1660. The Balaban J connectivity index is 1.51. The van der Waals surface area contributed by atoms with E-state index in [0.29, 0.717) is 17.5 Å². The normalized spacial score (nSPS) is 11.5. The molecule has 0 atom stereocenters. The molecule has 0 unspecified atom stereocenters. The van der Waals surface area contributed by atoms with E-state index >= 15 is 0 Å². The maximum absolute atomic E-state index is 13.2. The lowest BCUT2D eigenvalue weighted by molar-refractivity contribution is -0.134. The number of aromatic nitrogens is 4. The number of H-pyrrole nitrogens is 1. The Morgan fingerprint density at radius 1 is 1.02 bits per heavy atom. The number of nitrogens with one attached hydrogen (secondary N) is 2. The molecular formula is C30H36N6O6. The van der Waals surface area contributed by atoms with Crippen LogP contribution in [0.1, 0.15) is 50.3 Å². The molecule has 0 saturated carbocycles. The van der Waals surface area contributed by atoms with Crippen LogP contribution in [0.15, 0.2) is 52.1 Å². The van der Waals surface area contributed by atoms with Gasteiger partial charge in [-0.2, -0.15) is 4.98 Å². The number of aryl methyl sites for hydroxylation is 2. The van der Waals surface area contributed by atoms with E-state index in [-0.39, 0.29) is 50.1 Å². The van der Waals surface area contributed by atoms with Gasteiger partial charge in [0.1, 0.15) is 5.60 Å². The molecule has 0 fully saturated rings. The van der Waals surface area contributed by atoms with Crippen LogP contribution in [-0.2, 0) is 27.5 Å². The molecule has 2 aromatic rings. The van der Waals surface area contributed by atoms with Gasteiger partial charge in [-0.05, 0) is 69.9 Å².